The van der Waals surface area contributed by atoms with E-state index in [2.05, 4.69) is 45.0 Å². The number of hydrogen-bond donors (Lipinski definition) is 0. The minimum atomic E-state index is -0.364. The minimum absolute atomic E-state index is 0.310. The van der Waals surface area contributed by atoms with E-state index in [9.17, 15) is 4.57 Å². The van der Waals surface area contributed by atoms with Gasteiger partial charge >= 0.3 is 8.46 Å². The van der Waals surface area contributed by atoms with Crippen LogP contribution in [0, 0.1) is 0 Å². The van der Waals surface area contributed by atoms with E-state index < -0.39 is 0 Å². The summed E-state index contributed by atoms with van der Waals surface area (Å²) in [7, 11) is -0.364. The van der Waals surface area contributed by atoms with Crippen molar-refractivity contribution in [1.29, 1.82) is 0 Å². The molecule has 1 aromatic carbocycles. The summed E-state index contributed by atoms with van der Waals surface area (Å²) in [6.45, 7) is 6.40. The van der Waals surface area contributed by atoms with Crippen LogP contribution in [0.25, 0.3) is 11.3 Å². The third-order valence-electron chi connectivity index (χ3n) is 4.68. The second-order valence-corrected chi connectivity index (χ2v) is 7.26. The van der Waals surface area contributed by atoms with Gasteiger partial charge in [0, 0.05) is 5.56 Å². The van der Waals surface area contributed by atoms with Crippen LogP contribution in [-0.2, 0) is 16.1 Å². The Balaban J connectivity index is 2.38. The minimum Gasteiger partial charge on any atom is -0.248 e. The number of unbranched alkanes of at least 4 members (excludes halogenated alkanes) is 1. The van der Waals surface area contributed by atoms with Crippen LogP contribution in [0.2, 0.25) is 0 Å². The fraction of sp³-hybridized carbons (Fsp3) is 0.450. The Morgan fingerprint density at radius 2 is 1.78 bits per heavy atom. The molecular weight excluding hydrogens is 301 g/mol. The second kappa shape index (κ2) is 8.36. The molecule has 0 amide bonds. The molecule has 0 aliphatic heterocycles. The van der Waals surface area contributed by atoms with Gasteiger partial charge in [-0.3, -0.25) is 0 Å². The fourth-order valence-electron chi connectivity index (χ4n) is 2.94. The first-order valence-corrected chi connectivity index (χ1v) is 9.56. The summed E-state index contributed by atoms with van der Waals surface area (Å²) in [5.41, 5.74) is 4.44. The molecule has 0 aliphatic carbocycles. The van der Waals surface area contributed by atoms with Gasteiger partial charge in [0.2, 0.25) is 5.16 Å². The van der Waals surface area contributed by atoms with Crippen molar-refractivity contribution in [2.75, 3.05) is 0 Å². The molecule has 0 N–H and O–H groups in total. The molecule has 122 valence electrons. The van der Waals surface area contributed by atoms with Gasteiger partial charge in [-0.1, -0.05) is 56.0 Å². The summed E-state index contributed by atoms with van der Waals surface area (Å²) in [5, 5.41) is -0.310. The zero-order valence-corrected chi connectivity index (χ0v) is 15.4. The third-order valence-corrected chi connectivity index (χ3v) is 6.04. The molecule has 2 nitrogen and oxygen atoms in total. The highest BCUT2D eigenvalue weighted by atomic mass is 31.1. The molecule has 1 unspecified atom stereocenters. The van der Waals surface area contributed by atoms with Crippen LogP contribution in [0.3, 0.4) is 0 Å². The van der Waals surface area contributed by atoms with Crippen molar-refractivity contribution in [3.8, 4) is 11.3 Å². The van der Waals surface area contributed by atoms with Gasteiger partial charge in [-0.25, -0.2) is 4.98 Å². The van der Waals surface area contributed by atoms with Gasteiger partial charge in [-0.05, 0) is 49.4 Å². The average molecular weight is 328 g/mol. The van der Waals surface area contributed by atoms with E-state index in [1.807, 2.05) is 18.2 Å². The standard InChI is InChI=1S/C20H26NOP/c1-4-7-10-16-11-8-12-17(15-16)18-13-9-14-19(21-18)20(5-2,6-3)23-22/h8-9,11-15H,4-7,10H2,1-3H3/p+1. The zero-order valence-electron chi connectivity index (χ0n) is 14.4. The number of nitrogens with zero attached hydrogens (tertiary/aromatic N) is 1. The van der Waals surface area contributed by atoms with Gasteiger partial charge in [0.05, 0.1) is 11.4 Å². The highest BCUT2D eigenvalue weighted by Crippen LogP contribution is 2.41. The predicted molar refractivity (Wildman–Crippen MR) is 99.5 cm³/mol. The normalized spacial score (nSPS) is 11.8. The highest BCUT2D eigenvalue weighted by Gasteiger charge is 2.38. The lowest BCUT2D eigenvalue weighted by Crippen LogP contribution is -2.18. The Kier molecular flexibility index (Phi) is 6.47. The van der Waals surface area contributed by atoms with Crippen molar-refractivity contribution in [3.05, 3.63) is 53.7 Å². The van der Waals surface area contributed by atoms with Gasteiger partial charge in [-0.2, -0.15) is 0 Å². The van der Waals surface area contributed by atoms with Crippen molar-refractivity contribution in [3.63, 3.8) is 0 Å². The molecule has 0 saturated carbocycles. The van der Waals surface area contributed by atoms with Crippen LogP contribution in [0.15, 0.2) is 42.5 Å². The predicted octanol–water partition coefficient (Wildman–Crippen LogP) is 6.13. The lowest BCUT2D eigenvalue weighted by molar-refractivity contribution is 0.512. The Morgan fingerprint density at radius 3 is 2.43 bits per heavy atom. The molecule has 2 aromatic rings. The summed E-state index contributed by atoms with van der Waals surface area (Å²) >= 11 is 0. The van der Waals surface area contributed by atoms with Crippen molar-refractivity contribution >= 4 is 8.46 Å². The van der Waals surface area contributed by atoms with E-state index in [0.29, 0.717) is 0 Å². The first-order chi connectivity index (χ1) is 11.2. The topological polar surface area (TPSA) is 30.0 Å². The van der Waals surface area contributed by atoms with Gasteiger partial charge in [0.25, 0.3) is 0 Å². The van der Waals surface area contributed by atoms with Crippen molar-refractivity contribution < 1.29 is 4.57 Å². The molecule has 0 radical (unpaired) electrons. The molecule has 0 bridgehead atoms. The molecule has 0 spiro atoms. The second-order valence-electron chi connectivity index (χ2n) is 6.10. The largest absolute Gasteiger partial charge is 0.337 e. The summed E-state index contributed by atoms with van der Waals surface area (Å²) in [6.07, 6.45) is 5.22. The molecule has 1 aromatic heterocycles. The van der Waals surface area contributed by atoms with E-state index >= 15 is 0 Å². The first kappa shape index (κ1) is 17.8. The lowest BCUT2D eigenvalue weighted by Gasteiger charge is -2.17. The maximum absolute atomic E-state index is 11.8. The molecule has 0 aliphatic rings. The first-order valence-electron chi connectivity index (χ1n) is 8.65. The van der Waals surface area contributed by atoms with Crippen LogP contribution in [0.5, 0.6) is 0 Å². The summed E-state index contributed by atoms with van der Waals surface area (Å²) in [6, 6.07) is 14.7. The lowest BCUT2D eigenvalue weighted by atomic mass is 9.96. The number of pyridine rings is 1. The van der Waals surface area contributed by atoms with Gasteiger partial charge in [-0.15, -0.1) is 0 Å². The van der Waals surface area contributed by atoms with E-state index in [4.69, 9.17) is 4.98 Å². The summed E-state index contributed by atoms with van der Waals surface area (Å²) in [4.78, 5) is 4.86. The molecule has 2 rings (SSSR count). The quantitative estimate of drug-likeness (QED) is 0.545. The third kappa shape index (κ3) is 4.06. The Morgan fingerprint density at radius 1 is 1.04 bits per heavy atom. The number of aryl methyl sites for hydroxylation is 1. The Hall–Kier alpha value is -1.53. The van der Waals surface area contributed by atoms with Crippen LogP contribution >= 0.6 is 8.46 Å². The SMILES string of the molecule is CCCCc1cccc(-c2cccc(C(CC)(CC)[PH+]=O)n2)c1. The Labute approximate surface area is 141 Å². The maximum atomic E-state index is 11.8. The summed E-state index contributed by atoms with van der Waals surface area (Å²) < 4.78 is 11.8. The smallest absolute Gasteiger partial charge is 0.248 e. The van der Waals surface area contributed by atoms with Crippen molar-refractivity contribution in [2.24, 2.45) is 0 Å². The highest BCUT2D eigenvalue weighted by molar-refractivity contribution is 7.25. The van der Waals surface area contributed by atoms with Crippen LogP contribution < -0.4 is 0 Å². The molecule has 3 heteroatoms. The fourth-order valence-corrected chi connectivity index (χ4v) is 3.47. The zero-order chi connectivity index (χ0) is 16.7. The van der Waals surface area contributed by atoms with Crippen LogP contribution in [-0.4, -0.2) is 4.98 Å². The van der Waals surface area contributed by atoms with Crippen LogP contribution in [0.1, 0.15) is 57.7 Å². The molecule has 1 atom stereocenters. The number of aromatic nitrogens is 1. The number of rotatable bonds is 8. The molecule has 0 fully saturated rings. The van der Waals surface area contributed by atoms with E-state index in [-0.39, 0.29) is 13.6 Å². The number of benzene rings is 1. The van der Waals surface area contributed by atoms with E-state index in [1.165, 1.54) is 18.4 Å². The number of hydrogen-bond acceptors (Lipinski definition) is 2. The van der Waals surface area contributed by atoms with Crippen molar-refractivity contribution in [1.82, 2.24) is 4.98 Å². The molecular formula is C20H27NOP+. The average Bonchev–Trinajstić information content (AvgIpc) is 2.62. The summed E-state index contributed by atoms with van der Waals surface area (Å²) in [5.74, 6) is 0. The van der Waals surface area contributed by atoms with Gasteiger partial charge in [0.15, 0.2) is 0 Å². The van der Waals surface area contributed by atoms with Gasteiger partial charge in [0.1, 0.15) is 0 Å². The van der Waals surface area contributed by atoms with Crippen LogP contribution in [0.4, 0.5) is 0 Å². The maximum Gasteiger partial charge on any atom is 0.337 e. The molecule has 23 heavy (non-hydrogen) atoms. The Bertz CT molecular complexity index is 650. The molecule has 1 heterocycles. The van der Waals surface area contributed by atoms with Crippen molar-refractivity contribution in [2.45, 2.75) is 58.0 Å². The van der Waals surface area contributed by atoms with E-state index in [1.54, 1.807) is 0 Å². The molecule has 0 saturated heterocycles. The van der Waals surface area contributed by atoms with E-state index in [0.717, 1.165) is 36.2 Å². The van der Waals surface area contributed by atoms with Gasteiger partial charge < -0.3 is 0 Å². The monoisotopic (exact) mass is 328 g/mol.